The van der Waals surface area contributed by atoms with E-state index in [4.69, 9.17) is 4.74 Å². The average molecular weight is 373 g/mol. The SMILES string of the molecule is Cc1ccc(C(=O)OCc2nc3sc(C)c(C)c3c(=O)[nH]2)cc1[N+](=O)[O-]. The molecule has 26 heavy (non-hydrogen) atoms. The number of ether oxygens (including phenoxy) is 1. The Labute approximate surface area is 151 Å². The van der Waals surface area contributed by atoms with E-state index in [1.807, 2.05) is 13.8 Å². The van der Waals surface area contributed by atoms with Crippen molar-refractivity contribution < 1.29 is 14.5 Å². The summed E-state index contributed by atoms with van der Waals surface area (Å²) < 4.78 is 5.14. The van der Waals surface area contributed by atoms with E-state index in [0.29, 0.717) is 15.8 Å². The third kappa shape index (κ3) is 3.21. The first-order valence-electron chi connectivity index (χ1n) is 7.69. The second-order valence-corrected chi connectivity index (χ2v) is 7.01. The summed E-state index contributed by atoms with van der Waals surface area (Å²) >= 11 is 1.40. The zero-order chi connectivity index (χ0) is 19.0. The van der Waals surface area contributed by atoms with Gasteiger partial charge in [0.15, 0.2) is 0 Å². The van der Waals surface area contributed by atoms with Gasteiger partial charge in [0.2, 0.25) is 0 Å². The smallest absolute Gasteiger partial charge is 0.338 e. The number of H-pyrrole nitrogens is 1. The maximum Gasteiger partial charge on any atom is 0.338 e. The number of esters is 1. The molecule has 8 nitrogen and oxygen atoms in total. The molecule has 0 fully saturated rings. The van der Waals surface area contributed by atoms with E-state index in [1.165, 1.54) is 29.5 Å². The molecule has 1 N–H and O–H groups in total. The van der Waals surface area contributed by atoms with Gasteiger partial charge in [0.05, 0.1) is 15.9 Å². The van der Waals surface area contributed by atoms with Gasteiger partial charge in [-0.25, -0.2) is 9.78 Å². The van der Waals surface area contributed by atoms with E-state index in [9.17, 15) is 19.7 Å². The molecule has 3 aromatic rings. The molecule has 0 saturated heterocycles. The van der Waals surface area contributed by atoms with Gasteiger partial charge in [-0.2, -0.15) is 0 Å². The Morgan fingerprint density at radius 2 is 2.08 bits per heavy atom. The van der Waals surface area contributed by atoms with Gasteiger partial charge in [-0.3, -0.25) is 14.9 Å². The molecule has 2 aromatic heterocycles. The molecule has 3 rings (SSSR count). The molecule has 0 spiro atoms. The first-order chi connectivity index (χ1) is 12.3. The molecule has 0 saturated carbocycles. The topological polar surface area (TPSA) is 115 Å². The van der Waals surface area contributed by atoms with Crippen molar-refractivity contribution >= 4 is 33.2 Å². The predicted molar refractivity (Wildman–Crippen MR) is 96.7 cm³/mol. The minimum atomic E-state index is -0.727. The van der Waals surface area contributed by atoms with Crippen LogP contribution in [0.4, 0.5) is 5.69 Å². The number of rotatable bonds is 4. The highest BCUT2D eigenvalue weighted by Gasteiger charge is 2.17. The predicted octanol–water partition coefficient (Wildman–Crippen LogP) is 3.18. The van der Waals surface area contributed by atoms with Crippen LogP contribution in [0.1, 0.15) is 32.2 Å². The highest BCUT2D eigenvalue weighted by atomic mass is 32.1. The highest BCUT2D eigenvalue weighted by Crippen LogP contribution is 2.26. The molecule has 0 unspecified atom stereocenters. The summed E-state index contributed by atoms with van der Waals surface area (Å²) in [6, 6.07) is 4.11. The third-order valence-electron chi connectivity index (χ3n) is 4.07. The number of nitrogens with one attached hydrogen (secondary N) is 1. The largest absolute Gasteiger partial charge is 0.454 e. The molecule has 1 aromatic carbocycles. The van der Waals surface area contributed by atoms with Crippen LogP contribution >= 0.6 is 11.3 Å². The Morgan fingerprint density at radius 1 is 1.35 bits per heavy atom. The fourth-order valence-electron chi connectivity index (χ4n) is 2.52. The molecule has 0 atom stereocenters. The summed E-state index contributed by atoms with van der Waals surface area (Å²) in [7, 11) is 0. The molecule has 134 valence electrons. The molecular formula is C17H15N3O5S. The van der Waals surface area contributed by atoms with Crippen LogP contribution in [0.2, 0.25) is 0 Å². The second kappa shape index (κ2) is 6.68. The molecule has 2 heterocycles. The number of nitro groups is 1. The summed E-state index contributed by atoms with van der Waals surface area (Å²) in [5.41, 5.74) is 0.958. The number of hydrogen-bond acceptors (Lipinski definition) is 7. The number of hydrogen-bond donors (Lipinski definition) is 1. The average Bonchev–Trinajstić information content (AvgIpc) is 2.87. The number of thiophene rings is 1. The van der Waals surface area contributed by atoms with E-state index >= 15 is 0 Å². The fraction of sp³-hybridized carbons (Fsp3) is 0.235. The molecule has 0 aliphatic carbocycles. The van der Waals surface area contributed by atoms with Crippen molar-refractivity contribution in [3.05, 3.63) is 66.1 Å². The number of aryl methyl sites for hydroxylation is 3. The van der Waals surface area contributed by atoms with Gasteiger partial charge in [-0.15, -0.1) is 11.3 Å². The number of nitro benzene ring substituents is 1. The van der Waals surface area contributed by atoms with Crippen molar-refractivity contribution in [3.63, 3.8) is 0 Å². The number of carbonyl (C=O) groups excluding carboxylic acids is 1. The zero-order valence-electron chi connectivity index (χ0n) is 14.3. The first-order valence-corrected chi connectivity index (χ1v) is 8.50. The van der Waals surface area contributed by atoms with Gasteiger partial charge in [-0.05, 0) is 32.4 Å². The number of aromatic nitrogens is 2. The molecule has 0 bridgehead atoms. The minimum Gasteiger partial charge on any atom is -0.454 e. The van der Waals surface area contributed by atoms with E-state index in [1.54, 1.807) is 6.92 Å². The molecule has 0 radical (unpaired) electrons. The Bertz CT molecular complexity index is 1100. The maximum absolute atomic E-state index is 12.2. The van der Waals surface area contributed by atoms with Crippen LogP contribution in [0.25, 0.3) is 10.2 Å². The lowest BCUT2D eigenvalue weighted by Crippen LogP contribution is -2.14. The lowest BCUT2D eigenvalue weighted by atomic mass is 10.1. The number of aromatic amines is 1. The van der Waals surface area contributed by atoms with Crippen LogP contribution < -0.4 is 5.56 Å². The summed E-state index contributed by atoms with van der Waals surface area (Å²) in [5.74, 6) is -0.506. The molecule has 0 amide bonds. The molecular weight excluding hydrogens is 358 g/mol. The number of carbonyl (C=O) groups is 1. The number of benzene rings is 1. The molecule has 9 heteroatoms. The lowest BCUT2D eigenvalue weighted by Gasteiger charge is -2.05. The molecule has 0 aliphatic heterocycles. The monoisotopic (exact) mass is 373 g/mol. The third-order valence-corrected chi connectivity index (χ3v) is 5.17. The number of fused-ring (bicyclic) bond motifs is 1. The lowest BCUT2D eigenvalue weighted by molar-refractivity contribution is -0.385. The minimum absolute atomic E-state index is 0.0635. The first kappa shape index (κ1) is 17.7. The Hall–Kier alpha value is -3.07. The van der Waals surface area contributed by atoms with Crippen LogP contribution in [-0.4, -0.2) is 20.9 Å². The molecule has 0 aliphatic rings. The van der Waals surface area contributed by atoms with E-state index in [-0.39, 0.29) is 29.2 Å². The van der Waals surface area contributed by atoms with E-state index in [0.717, 1.165) is 10.4 Å². The Balaban J connectivity index is 1.82. The van der Waals surface area contributed by atoms with Gasteiger partial charge < -0.3 is 9.72 Å². The van der Waals surface area contributed by atoms with Crippen LogP contribution in [0, 0.1) is 30.9 Å². The van der Waals surface area contributed by atoms with Gasteiger partial charge in [0.25, 0.3) is 11.2 Å². The Kier molecular flexibility index (Phi) is 4.56. The van der Waals surface area contributed by atoms with Crippen molar-refractivity contribution in [2.24, 2.45) is 0 Å². The summed E-state index contributed by atoms with van der Waals surface area (Å²) in [4.78, 5) is 43.3. The quantitative estimate of drug-likeness (QED) is 0.427. The summed E-state index contributed by atoms with van der Waals surface area (Å²) in [6.07, 6.45) is 0. The number of nitrogens with zero attached hydrogens (tertiary/aromatic N) is 2. The van der Waals surface area contributed by atoms with Gasteiger partial charge in [0, 0.05) is 16.5 Å². The van der Waals surface area contributed by atoms with Crippen LogP contribution in [0.3, 0.4) is 0 Å². The van der Waals surface area contributed by atoms with Crippen molar-refractivity contribution in [1.82, 2.24) is 9.97 Å². The van der Waals surface area contributed by atoms with Crippen molar-refractivity contribution in [1.29, 1.82) is 0 Å². The summed E-state index contributed by atoms with van der Waals surface area (Å²) in [5, 5.41) is 11.5. The van der Waals surface area contributed by atoms with Crippen LogP contribution in [-0.2, 0) is 11.3 Å². The highest BCUT2D eigenvalue weighted by molar-refractivity contribution is 7.18. The normalized spacial score (nSPS) is 10.9. The van der Waals surface area contributed by atoms with Gasteiger partial charge >= 0.3 is 5.97 Å². The zero-order valence-corrected chi connectivity index (χ0v) is 15.1. The van der Waals surface area contributed by atoms with E-state index < -0.39 is 10.9 Å². The van der Waals surface area contributed by atoms with Gasteiger partial charge in [0.1, 0.15) is 17.3 Å². The van der Waals surface area contributed by atoms with Crippen molar-refractivity contribution in [2.75, 3.05) is 0 Å². The van der Waals surface area contributed by atoms with Gasteiger partial charge in [-0.1, -0.05) is 6.07 Å². The summed E-state index contributed by atoms with van der Waals surface area (Å²) in [6.45, 7) is 5.12. The standard InChI is InChI=1S/C17H15N3O5S/c1-8-4-5-11(6-12(8)20(23)24)17(22)25-7-13-18-15(21)14-9(2)10(3)26-16(14)19-13/h4-6H,7H2,1-3H3,(H,18,19,21). The fourth-order valence-corrected chi connectivity index (χ4v) is 3.57. The van der Waals surface area contributed by atoms with E-state index in [2.05, 4.69) is 9.97 Å². The maximum atomic E-state index is 12.2. The van der Waals surface area contributed by atoms with Crippen LogP contribution in [0.15, 0.2) is 23.0 Å². The van der Waals surface area contributed by atoms with Crippen molar-refractivity contribution in [2.45, 2.75) is 27.4 Å². The van der Waals surface area contributed by atoms with Crippen LogP contribution in [0.5, 0.6) is 0 Å². The second-order valence-electron chi connectivity index (χ2n) is 5.81. The van der Waals surface area contributed by atoms with Crippen molar-refractivity contribution in [3.8, 4) is 0 Å². The Morgan fingerprint density at radius 3 is 2.77 bits per heavy atom.